The molecule has 120 valence electrons. The van der Waals surface area contributed by atoms with Crippen molar-refractivity contribution in [2.75, 3.05) is 0 Å². The molecule has 2 saturated carbocycles. The van der Waals surface area contributed by atoms with Gasteiger partial charge in [-0.05, 0) is 88.4 Å². The molecule has 0 heterocycles. The zero-order chi connectivity index (χ0) is 15.3. The molecule has 0 aliphatic heterocycles. The molecule has 1 unspecified atom stereocenters. The van der Waals surface area contributed by atoms with E-state index in [-0.39, 0.29) is 11.5 Å². The molecule has 0 aromatic heterocycles. The fraction of sp³-hybridized carbons (Fsp3) is 0.895. The van der Waals surface area contributed by atoms with Crippen molar-refractivity contribution in [1.82, 2.24) is 0 Å². The first-order valence-corrected chi connectivity index (χ1v) is 8.89. The van der Waals surface area contributed by atoms with E-state index >= 15 is 0 Å². The van der Waals surface area contributed by atoms with Crippen molar-refractivity contribution < 1.29 is 10.2 Å². The van der Waals surface area contributed by atoms with Crippen LogP contribution in [0.4, 0.5) is 0 Å². The molecule has 2 heteroatoms. The van der Waals surface area contributed by atoms with Gasteiger partial charge in [0, 0.05) is 0 Å². The zero-order valence-electron chi connectivity index (χ0n) is 14.0. The lowest BCUT2D eigenvalue weighted by atomic mass is 9.62. The molecule has 3 rings (SSSR count). The number of hydrogen-bond acceptors (Lipinski definition) is 2. The molecule has 0 bridgehead atoms. The number of fused-ring (bicyclic) bond motifs is 1. The standard InChI is InChI=1S/C19H32O2/c1-17(2,21)9-5-11-19(12-13-19)16-8-7-14-15(20)6-4-10-18(14,16)3/h8,14-15,20-21H,4-7,9-13H2,1-3H3/t14?,15-,18-/m0/s1. The minimum Gasteiger partial charge on any atom is -0.393 e. The van der Waals surface area contributed by atoms with E-state index < -0.39 is 5.60 Å². The average molecular weight is 292 g/mol. The third-order valence-electron chi connectivity index (χ3n) is 6.54. The van der Waals surface area contributed by atoms with Gasteiger partial charge in [-0.25, -0.2) is 0 Å². The number of rotatable bonds is 5. The van der Waals surface area contributed by atoms with Crippen LogP contribution in [0, 0.1) is 16.7 Å². The first-order chi connectivity index (χ1) is 9.77. The number of allylic oxidation sites excluding steroid dienone is 2. The second kappa shape index (κ2) is 5.09. The molecule has 2 fully saturated rings. The molecule has 0 aromatic carbocycles. The van der Waals surface area contributed by atoms with Gasteiger partial charge >= 0.3 is 0 Å². The van der Waals surface area contributed by atoms with Crippen LogP contribution in [0.3, 0.4) is 0 Å². The van der Waals surface area contributed by atoms with Crippen LogP contribution in [0.5, 0.6) is 0 Å². The predicted molar refractivity (Wildman–Crippen MR) is 86.0 cm³/mol. The monoisotopic (exact) mass is 292 g/mol. The van der Waals surface area contributed by atoms with E-state index in [0.29, 0.717) is 11.3 Å². The SMILES string of the molecule is CC(C)(O)CCCC1(C2=CCC3[C@@H](O)CCC[C@]23C)CC1. The van der Waals surface area contributed by atoms with E-state index in [2.05, 4.69) is 13.0 Å². The second-order valence-electron chi connectivity index (χ2n) is 8.78. The lowest BCUT2D eigenvalue weighted by molar-refractivity contribution is 0.00617. The summed E-state index contributed by atoms with van der Waals surface area (Å²) in [5, 5.41) is 20.3. The second-order valence-corrected chi connectivity index (χ2v) is 8.78. The normalized spacial score (nSPS) is 38.0. The Morgan fingerprint density at radius 2 is 2.00 bits per heavy atom. The van der Waals surface area contributed by atoms with Gasteiger partial charge in [-0.15, -0.1) is 0 Å². The Bertz CT molecular complexity index is 427. The maximum atomic E-state index is 10.4. The summed E-state index contributed by atoms with van der Waals surface area (Å²) in [5.41, 5.74) is 1.82. The maximum absolute atomic E-state index is 10.4. The van der Waals surface area contributed by atoms with Gasteiger partial charge in [0.15, 0.2) is 0 Å². The van der Waals surface area contributed by atoms with Gasteiger partial charge in [-0.2, -0.15) is 0 Å². The van der Waals surface area contributed by atoms with Crippen molar-refractivity contribution in [3.8, 4) is 0 Å². The van der Waals surface area contributed by atoms with Gasteiger partial charge in [0.05, 0.1) is 11.7 Å². The molecule has 2 N–H and O–H groups in total. The van der Waals surface area contributed by atoms with Crippen molar-refractivity contribution in [3.05, 3.63) is 11.6 Å². The highest BCUT2D eigenvalue weighted by Gasteiger charge is 2.57. The van der Waals surface area contributed by atoms with Gasteiger partial charge in [0.25, 0.3) is 0 Å². The Morgan fingerprint density at radius 1 is 1.29 bits per heavy atom. The minimum absolute atomic E-state index is 0.0929. The number of aliphatic hydroxyl groups excluding tert-OH is 1. The quantitative estimate of drug-likeness (QED) is 0.745. The fourth-order valence-electron chi connectivity index (χ4n) is 5.21. The van der Waals surface area contributed by atoms with Gasteiger partial charge in [0.1, 0.15) is 0 Å². The van der Waals surface area contributed by atoms with Crippen molar-refractivity contribution in [3.63, 3.8) is 0 Å². The predicted octanol–water partition coefficient (Wildman–Crippen LogP) is 4.21. The number of aliphatic hydroxyl groups is 2. The van der Waals surface area contributed by atoms with Crippen LogP contribution >= 0.6 is 0 Å². The van der Waals surface area contributed by atoms with Crippen LogP contribution in [0.25, 0.3) is 0 Å². The van der Waals surface area contributed by atoms with Crippen LogP contribution in [-0.2, 0) is 0 Å². The third kappa shape index (κ3) is 2.82. The fourth-order valence-corrected chi connectivity index (χ4v) is 5.21. The summed E-state index contributed by atoms with van der Waals surface area (Å²) in [6.45, 7) is 6.24. The summed E-state index contributed by atoms with van der Waals surface area (Å²) in [6, 6.07) is 0. The Kier molecular flexibility index (Phi) is 3.77. The average Bonchev–Trinajstić information content (AvgIpc) is 3.03. The molecule has 3 atom stereocenters. The molecular formula is C19H32O2. The van der Waals surface area contributed by atoms with Crippen molar-refractivity contribution in [2.45, 2.75) is 90.3 Å². The topological polar surface area (TPSA) is 40.5 Å². The lowest BCUT2D eigenvalue weighted by Crippen LogP contribution is -2.40. The molecule has 3 aliphatic rings. The summed E-state index contributed by atoms with van der Waals surface area (Å²) < 4.78 is 0. The summed E-state index contributed by atoms with van der Waals surface area (Å²) in [5.74, 6) is 0.466. The highest BCUT2D eigenvalue weighted by Crippen LogP contribution is 2.67. The Labute approximate surface area is 129 Å². The molecule has 0 radical (unpaired) electrons. The Morgan fingerprint density at radius 3 is 2.62 bits per heavy atom. The van der Waals surface area contributed by atoms with Gasteiger partial charge < -0.3 is 10.2 Å². The van der Waals surface area contributed by atoms with Crippen molar-refractivity contribution in [2.24, 2.45) is 16.7 Å². The van der Waals surface area contributed by atoms with Crippen LogP contribution < -0.4 is 0 Å². The molecule has 0 amide bonds. The van der Waals surface area contributed by atoms with E-state index in [1.807, 2.05) is 13.8 Å². The van der Waals surface area contributed by atoms with E-state index in [0.717, 1.165) is 25.7 Å². The first kappa shape index (κ1) is 15.6. The third-order valence-corrected chi connectivity index (χ3v) is 6.54. The zero-order valence-corrected chi connectivity index (χ0v) is 14.0. The Hall–Kier alpha value is -0.340. The van der Waals surface area contributed by atoms with Crippen LogP contribution in [0.2, 0.25) is 0 Å². The molecule has 21 heavy (non-hydrogen) atoms. The molecule has 0 spiro atoms. The Balaban J connectivity index is 1.69. The van der Waals surface area contributed by atoms with Crippen LogP contribution in [-0.4, -0.2) is 21.9 Å². The van der Waals surface area contributed by atoms with Gasteiger partial charge in [0.2, 0.25) is 0 Å². The summed E-state index contributed by atoms with van der Waals surface area (Å²) in [4.78, 5) is 0. The maximum Gasteiger partial charge on any atom is 0.0591 e. The molecular weight excluding hydrogens is 260 g/mol. The first-order valence-electron chi connectivity index (χ1n) is 8.89. The summed E-state index contributed by atoms with van der Waals surface area (Å²) >= 11 is 0. The van der Waals surface area contributed by atoms with Crippen LogP contribution in [0.15, 0.2) is 11.6 Å². The summed E-state index contributed by atoms with van der Waals surface area (Å²) in [7, 11) is 0. The molecule has 0 aromatic rings. The van der Waals surface area contributed by atoms with Crippen molar-refractivity contribution in [1.29, 1.82) is 0 Å². The van der Waals surface area contributed by atoms with Crippen LogP contribution in [0.1, 0.15) is 78.6 Å². The van der Waals surface area contributed by atoms with Gasteiger partial charge in [-0.3, -0.25) is 0 Å². The molecule has 3 aliphatic carbocycles. The lowest BCUT2D eigenvalue weighted by Gasteiger charge is -2.44. The van der Waals surface area contributed by atoms with E-state index in [9.17, 15) is 10.2 Å². The summed E-state index contributed by atoms with van der Waals surface area (Å²) in [6.07, 6.45) is 12.8. The highest BCUT2D eigenvalue weighted by atomic mass is 16.3. The largest absolute Gasteiger partial charge is 0.393 e. The number of hydrogen-bond donors (Lipinski definition) is 2. The van der Waals surface area contributed by atoms with E-state index in [4.69, 9.17) is 0 Å². The minimum atomic E-state index is -0.534. The van der Waals surface area contributed by atoms with Gasteiger partial charge in [-0.1, -0.05) is 18.6 Å². The van der Waals surface area contributed by atoms with E-state index in [1.165, 1.54) is 32.1 Å². The highest BCUT2D eigenvalue weighted by molar-refractivity contribution is 5.34. The van der Waals surface area contributed by atoms with E-state index in [1.54, 1.807) is 5.57 Å². The smallest absolute Gasteiger partial charge is 0.0591 e. The van der Waals surface area contributed by atoms with Crippen molar-refractivity contribution >= 4 is 0 Å². The molecule has 0 saturated heterocycles. The molecule has 2 nitrogen and oxygen atoms in total.